The second-order valence-corrected chi connectivity index (χ2v) is 4.93. The first-order valence-corrected chi connectivity index (χ1v) is 6.93. The van der Waals surface area contributed by atoms with Crippen LogP contribution >= 0.6 is 11.3 Å². The molecule has 5 nitrogen and oxygen atoms in total. The van der Waals surface area contributed by atoms with Crippen molar-refractivity contribution >= 4 is 17.2 Å². The van der Waals surface area contributed by atoms with Crippen molar-refractivity contribution in [3.8, 4) is 0 Å². The minimum atomic E-state index is 0.00933. The lowest BCUT2D eigenvalue weighted by Crippen LogP contribution is -2.23. The fraction of sp³-hybridized carbons (Fsp3) is 0.667. The topological polar surface area (TPSA) is 63.2 Å². The van der Waals surface area contributed by atoms with E-state index in [1.807, 2.05) is 19.4 Å². The molecule has 1 heterocycles. The number of carbonyl (C=O) groups excluding carboxylic acids is 1. The minimum absolute atomic E-state index is 0.00933. The number of rotatable bonds is 8. The normalized spacial score (nSPS) is 12.4. The predicted molar refractivity (Wildman–Crippen MR) is 72.5 cm³/mol. The Morgan fingerprint density at radius 3 is 3.06 bits per heavy atom. The summed E-state index contributed by atoms with van der Waals surface area (Å²) < 4.78 is 5.19. The van der Waals surface area contributed by atoms with E-state index in [1.165, 1.54) is 0 Å². The third kappa shape index (κ3) is 5.12. The van der Waals surface area contributed by atoms with Crippen LogP contribution in [0.4, 0.5) is 0 Å². The average molecular weight is 271 g/mol. The monoisotopic (exact) mass is 271 g/mol. The maximum absolute atomic E-state index is 11.5. The lowest BCUT2D eigenvalue weighted by Gasteiger charge is -2.04. The largest absolute Gasteiger partial charge is 0.375 e. The van der Waals surface area contributed by atoms with Gasteiger partial charge in [0.2, 0.25) is 5.91 Å². The summed E-state index contributed by atoms with van der Waals surface area (Å²) in [5.74, 6) is 0.0691. The summed E-state index contributed by atoms with van der Waals surface area (Å²) in [4.78, 5) is 15.9. The molecule has 0 radical (unpaired) electrons. The van der Waals surface area contributed by atoms with Gasteiger partial charge in [-0.15, -0.1) is 11.3 Å². The highest BCUT2D eigenvalue weighted by atomic mass is 32.1. The summed E-state index contributed by atoms with van der Waals surface area (Å²) in [6.07, 6.45) is 1.41. The van der Waals surface area contributed by atoms with Crippen LogP contribution in [0.5, 0.6) is 0 Å². The molecule has 0 aliphatic rings. The number of aromatic nitrogens is 1. The molecule has 18 heavy (non-hydrogen) atoms. The van der Waals surface area contributed by atoms with Crippen molar-refractivity contribution in [2.75, 3.05) is 20.7 Å². The number of hydrogen-bond donors (Lipinski definition) is 2. The number of amides is 1. The van der Waals surface area contributed by atoms with Crippen molar-refractivity contribution in [1.82, 2.24) is 15.6 Å². The molecule has 0 bridgehead atoms. The van der Waals surface area contributed by atoms with E-state index in [-0.39, 0.29) is 12.0 Å². The molecule has 102 valence electrons. The van der Waals surface area contributed by atoms with Crippen molar-refractivity contribution in [3.05, 3.63) is 16.1 Å². The molecule has 0 saturated carbocycles. The molecular formula is C12H21N3O2S. The standard InChI is InChI=1S/C12H21N3O2S/c1-9(17-3)12-15-10(8-18-12)7-14-11(16)5-4-6-13-2/h8-9,13H,4-7H2,1-3H3,(H,14,16). The van der Waals surface area contributed by atoms with E-state index in [4.69, 9.17) is 4.74 Å². The summed E-state index contributed by atoms with van der Waals surface area (Å²) in [6.45, 7) is 3.31. The molecule has 2 N–H and O–H groups in total. The van der Waals surface area contributed by atoms with Gasteiger partial charge in [0.1, 0.15) is 11.1 Å². The molecule has 1 atom stereocenters. The zero-order valence-corrected chi connectivity index (χ0v) is 12.0. The zero-order chi connectivity index (χ0) is 13.4. The van der Waals surface area contributed by atoms with Crippen LogP contribution in [0.3, 0.4) is 0 Å². The summed E-state index contributed by atoms with van der Waals surface area (Å²) in [5, 5.41) is 8.78. The first kappa shape index (κ1) is 15.1. The van der Waals surface area contributed by atoms with E-state index >= 15 is 0 Å². The molecule has 6 heteroatoms. The maximum Gasteiger partial charge on any atom is 0.220 e. The Morgan fingerprint density at radius 2 is 2.39 bits per heavy atom. The van der Waals surface area contributed by atoms with Crippen LogP contribution < -0.4 is 10.6 Å². The van der Waals surface area contributed by atoms with E-state index in [0.717, 1.165) is 23.7 Å². The third-order valence-corrected chi connectivity index (χ3v) is 3.62. The van der Waals surface area contributed by atoms with Crippen LogP contribution in [0.25, 0.3) is 0 Å². The number of ether oxygens (including phenoxy) is 1. The molecule has 0 saturated heterocycles. The third-order valence-electron chi connectivity index (χ3n) is 2.57. The molecule has 1 amide bonds. The van der Waals surface area contributed by atoms with Crippen LogP contribution in [0, 0.1) is 0 Å². The van der Waals surface area contributed by atoms with Crippen LogP contribution in [0.1, 0.15) is 36.6 Å². The van der Waals surface area contributed by atoms with E-state index in [1.54, 1.807) is 18.4 Å². The van der Waals surface area contributed by atoms with Crippen LogP contribution in [0.15, 0.2) is 5.38 Å². The molecule has 1 aromatic rings. The lowest BCUT2D eigenvalue weighted by atomic mass is 10.3. The van der Waals surface area contributed by atoms with E-state index in [0.29, 0.717) is 13.0 Å². The van der Waals surface area contributed by atoms with Gasteiger partial charge in [-0.05, 0) is 26.9 Å². The molecule has 0 spiro atoms. The molecule has 0 aliphatic carbocycles. The van der Waals surface area contributed by atoms with Crippen molar-refractivity contribution in [2.24, 2.45) is 0 Å². The van der Waals surface area contributed by atoms with Crippen LogP contribution in [0.2, 0.25) is 0 Å². The molecule has 1 aromatic heterocycles. The van der Waals surface area contributed by atoms with Crippen molar-refractivity contribution in [1.29, 1.82) is 0 Å². The molecular weight excluding hydrogens is 250 g/mol. The Hall–Kier alpha value is -0.980. The SMILES string of the molecule is CNCCCC(=O)NCc1csc(C(C)OC)n1. The molecule has 0 fully saturated rings. The highest BCUT2D eigenvalue weighted by molar-refractivity contribution is 7.09. The van der Waals surface area contributed by atoms with Gasteiger partial charge < -0.3 is 15.4 Å². The minimum Gasteiger partial charge on any atom is -0.375 e. The number of hydrogen-bond acceptors (Lipinski definition) is 5. The maximum atomic E-state index is 11.5. The number of nitrogens with one attached hydrogen (secondary N) is 2. The smallest absolute Gasteiger partial charge is 0.220 e. The van der Waals surface area contributed by atoms with Crippen molar-refractivity contribution in [2.45, 2.75) is 32.4 Å². The second-order valence-electron chi connectivity index (χ2n) is 4.04. The van der Waals surface area contributed by atoms with Gasteiger partial charge in [-0.2, -0.15) is 0 Å². The van der Waals surface area contributed by atoms with E-state index in [2.05, 4.69) is 15.6 Å². The average Bonchev–Trinajstić information content (AvgIpc) is 2.84. The Kier molecular flexibility index (Phi) is 6.85. The first-order valence-electron chi connectivity index (χ1n) is 6.05. The quantitative estimate of drug-likeness (QED) is 0.703. The van der Waals surface area contributed by atoms with Gasteiger partial charge in [-0.1, -0.05) is 0 Å². The Balaban J connectivity index is 2.30. The summed E-state index contributed by atoms with van der Waals surface area (Å²) >= 11 is 1.56. The molecule has 1 unspecified atom stereocenters. The number of methoxy groups -OCH3 is 1. The molecule has 0 aliphatic heterocycles. The Bertz CT molecular complexity index is 368. The van der Waals surface area contributed by atoms with E-state index < -0.39 is 0 Å². The number of nitrogens with zero attached hydrogens (tertiary/aromatic N) is 1. The number of carbonyl (C=O) groups is 1. The second kappa shape index (κ2) is 8.18. The highest BCUT2D eigenvalue weighted by Crippen LogP contribution is 2.20. The zero-order valence-electron chi connectivity index (χ0n) is 11.2. The Morgan fingerprint density at radius 1 is 1.61 bits per heavy atom. The van der Waals surface area contributed by atoms with Gasteiger partial charge >= 0.3 is 0 Å². The Labute approximate surface area is 112 Å². The summed E-state index contributed by atoms with van der Waals surface area (Å²) in [5.41, 5.74) is 0.890. The van der Waals surface area contributed by atoms with Gasteiger partial charge in [0.05, 0.1) is 12.2 Å². The summed E-state index contributed by atoms with van der Waals surface area (Å²) in [7, 11) is 3.54. The fourth-order valence-corrected chi connectivity index (χ4v) is 2.25. The lowest BCUT2D eigenvalue weighted by molar-refractivity contribution is -0.121. The predicted octanol–water partition coefficient (Wildman–Crippen LogP) is 1.47. The molecule has 0 aromatic carbocycles. The van der Waals surface area contributed by atoms with Gasteiger partial charge in [0, 0.05) is 18.9 Å². The van der Waals surface area contributed by atoms with Gasteiger partial charge in [-0.3, -0.25) is 4.79 Å². The first-order chi connectivity index (χ1) is 8.67. The van der Waals surface area contributed by atoms with Gasteiger partial charge in [0.25, 0.3) is 0 Å². The van der Waals surface area contributed by atoms with Gasteiger partial charge in [-0.25, -0.2) is 4.98 Å². The van der Waals surface area contributed by atoms with Gasteiger partial charge in [0.15, 0.2) is 0 Å². The van der Waals surface area contributed by atoms with Crippen LogP contribution in [-0.2, 0) is 16.1 Å². The van der Waals surface area contributed by atoms with Crippen molar-refractivity contribution in [3.63, 3.8) is 0 Å². The number of thiazole rings is 1. The fourth-order valence-electron chi connectivity index (χ4n) is 1.39. The van der Waals surface area contributed by atoms with E-state index in [9.17, 15) is 4.79 Å². The molecule has 1 rings (SSSR count). The van der Waals surface area contributed by atoms with Crippen LogP contribution in [-0.4, -0.2) is 31.6 Å². The highest BCUT2D eigenvalue weighted by Gasteiger charge is 2.09. The summed E-state index contributed by atoms with van der Waals surface area (Å²) in [6, 6.07) is 0. The van der Waals surface area contributed by atoms with Crippen molar-refractivity contribution < 1.29 is 9.53 Å².